The molecule has 0 radical (unpaired) electrons. The lowest BCUT2D eigenvalue weighted by Gasteiger charge is -2.61. The van der Waals surface area contributed by atoms with Crippen molar-refractivity contribution < 1.29 is 21.2 Å². The van der Waals surface area contributed by atoms with Gasteiger partial charge in [0.25, 0.3) is 0 Å². The monoisotopic (exact) mass is 891 g/mol. The van der Waals surface area contributed by atoms with Crippen molar-refractivity contribution in [2.75, 3.05) is 0 Å². The zero-order chi connectivity index (χ0) is 46.8. The highest BCUT2D eigenvalue weighted by Crippen LogP contribution is 2.67. The molecular formula is C60H104O4. The molecule has 0 heterocycles. The molecule has 16 unspecified atom stereocenters. The van der Waals surface area contributed by atoms with Crippen LogP contribution in [0.3, 0.4) is 0 Å². The second-order valence-electron chi connectivity index (χ2n) is 28.0. The highest BCUT2D eigenvalue weighted by Gasteiger charge is 2.61. The summed E-state index contributed by atoms with van der Waals surface area (Å²) in [5.41, 5.74) is 2.32. The van der Waals surface area contributed by atoms with Crippen LogP contribution in [0.15, 0.2) is 11.6 Å². The van der Waals surface area contributed by atoms with E-state index in [1.807, 2.05) is 13.8 Å². The van der Waals surface area contributed by atoms with Crippen molar-refractivity contribution in [1.29, 1.82) is 0 Å². The molecule has 9 rings (SSSR count). The van der Waals surface area contributed by atoms with Crippen molar-refractivity contribution >= 4 is 11.9 Å². The Morgan fingerprint density at radius 2 is 0.969 bits per heavy atom. The van der Waals surface area contributed by atoms with Gasteiger partial charge in [0.15, 0.2) is 0 Å². The van der Waals surface area contributed by atoms with Crippen LogP contribution in [0, 0.1) is 115 Å². The summed E-state index contributed by atoms with van der Waals surface area (Å²) in [5, 5.41) is 19.7. The maximum Gasteiger partial charge on any atom is 0.309 e. The quantitative estimate of drug-likeness (QED) is 0.270. The van der Waals surface area contributed by atoms with Crippen molar-refractivity contribution in [3.63, 3.8) is 0 Å². The van der Waals surface area contributed by atoms with E-state index in [1.54, 1.807) is 12.0 Å². The van der Waals surface area contributed by atoms with Crippen LogP contribution in [0.5, 0.6) is 0 Å². The van der Waals surface area contributed by atoms with Gasteiger partial charge in [0.1, 0.15) is 0 Å². The molecule has 0 aromatic heterocycles. The SMILES string of the molecule is CC(C)C1CC=C2C(CCC3C(C)(C(=O)O)CCCC23C)C1.CC(C)C1CCC2C(CCC3C(C)(C(=O)O)CCCC23C)C1.CC(C)C1CCC2C(CCC3C(C)(C)CCCC23C)C1.[3HH]. The minimum Gasteiger partial charge on any atom is -0.481 e. The number of allylic oxidation sites excluding steroid dienone is 2. The molecule has 0 saturated heterocycles. The smallest absolute Gasteiger partial charge is 0.309 e. The lowest BCUT2D eigenvalue weighted by molar-refractivity contribution is -0.173. The van der Waals surface area contributed by atoms with Gasteiger partial charge in [0.2, 0.25) is 0 Å². The highest BCUT2D eigenvalue weighted by molar-refractivity contribution is 5.75. The zero-order valence-corrected chi connectivity index (χ0v) is 44.1. The summed E-state index contributed by atoms with van der Waals surface area (Å²) in [7, 11) is 0. The van der Waals surface area contributed by atoms with Crippen LogP contribution < -0.4 is 0 Å². The molecule has 0 spiro atoms. The Kier molecular flexibility index (Phi) is 14.9. The first kappa shape index (κ1) is 50.6. The van der Waals surface area contributed by atoms with Gasteiger partial charge in [-0.2, -0.15) is 0 Å². The van der Waals surface area contributed by atoms with E-state index in [2.05, 4.69) is 82.2 Å². The molecule has 8 saturated carbocycles. The number of rotatable bonds is 5. The molecule has 0 aromatic rings. The van der Waals surface area contributed by atoms with Crippen molar-refractivity contribution in [2.45, 2.75) is 238 Å². The van der Waals surface area contributed by atoms with E-state index in [-0.39, 0.29) is 12.3 Å². The third-order valence-corrected chi connectivity index (χ3v) is 23.5. The summed E-state index contributed by atoms with van der Waals surface area (Å²) in [6, 6.07) is 0. The van der Waals surface area contributed by atoms with E-state index in [9.17, 15) is 19.8 Å². The molecule has 4 nitrogen and oxygen atoms in total. The summed E-state index contributed by atoms with van der Waals surface area (Å²) >= 11 is 0. The summed E-state index contributed by atoms with van der Waals surface area (Å²) in [4.78, 5) is 23.9. The van der Waals surface area contributed by atoms with Gasteiger partial charge in [-0.25, -0.2) is 0 Å². The lowest BCUT2D eigenvalue weighted by Crippen LogP contribution is -2.56. The van der Waals surface area contributed by atoms with Gasteiger partial charge in [-0.15, -0.1) is 0 Å². The van der Waals surface area contributed by atoms with E-state index >= 15 is 0 Å². The Balaban J connectivity index is 0.000000161. The topological polar surface area (TPSA) is 74.6 Å². The van der Waals surface area contributed by atoms with Crippen molar-refractivity contribution in [1.82, 2.24) is 0 Å². The Labute approximate surface area is 396 Å². The number of hydrogen-bond acceptors (Lipinski definition) is 2. The van der Waals surface area contributed by atoms with Gasteiger partial charge in [-0.05, 0) is 247 Å². The van der Waals surface area contributed by atoms with Crippen LogP contribution in [-0.2, 0) is 9.59 Å². The fraction of sp³-hybridized carbons (Fsp3) is 0.933. The first-order chi connectivity index (χ1) is 29.9. The standard InChI is InChI=1S/C20H34O2.C20H32O2.C20H36.H2/c2*1-13(2)14-6-8-16-15(12-14)7-9-17-19(16,3)10-5-11-20(17,4)18(21)22;1-14(2)15-7-9-17-16(13-15)8-10-18-19(3,4)11-6-12-20(17,18)5;/h13-17H,5-12H2,1-4H3,(H,21,22);8,13-15,17H,5-7,9-12H2,1-4H3,(H,21,22);14-18H,6-13H2,1-5H3;1H/i;;;1+2. The van der Waals surface area contributed by atoms with Crippen LogP contribution in [0.2, 0.25) is 0 Å². The largest absolute Gasteiger partial charge is 0.481 e. The van der Waals surface area contributed by atoms with Crippen LogP contribution >= 0.6 is 0 Å². The van der Waals surface area contributed by atoms with Crippen LogP contribution in [-0.4, -0.2) is 22.2 Å². The first-order valence-electron chi connectivity index (χ1n) is 28.1. The highest BCUT2D eigenvalue weighted by atomic mass is 16.4. The molecular weight excluding hydrogens is 785 g/mol. The Morgan fingerprint density at radius 1 is 0.516 bits per heavy atom. The van der Waals surface area contributed by atoms with Crippen molar-refractivity contribution in [2.24, 2.45) is 115 Å². The minimum atomic E-state index is -0.571. The number of fused-ring (bicyclic) bond motifs is 9. The van der Waals surface area contributed by atoms with Gasteiger partial charge < -0.3 is 10.2 Å². The lowest BCUT2D eigenvalue weighted by atomic mass is 9.43. The van der Waals surface area contributed by atoms with Crippen LogP contribution in [0.4, 0.5) is 0 Å². The van der Waals surface area contributed by atoms with Gasteiger partial charge in [0.05, 0.1) is 10.8 Å². The third kappa shape index (κ3) is 9.03. The molecule has 4 heteroatoms. The minimum absolute atomic E-state index is 0. The maximum absolute atomic E-state index is 12.0. The molecule has 16 atom stereocenters. The van der Waals surface area contributed by atoms with E-state index < -0.39 is 22.8 Å². The van der Waals surface area contributed by atoms with Crippen LogP contribution in [0.1, 0.15) is 239 Å². The predicted octanol–water partition coefficient (Wildman–Crippen LogP) is 17.2. The van der Waals surface area contributed by atoms with E-state index in [4.69, 9.17) is 0 Å². The first-order valence-corrected chi connectivity index (χ1v) is 28.1. The van der Waals surface area contributed by atoms with E-state index in [0.29, 0.717) is 22.7 Å². The van der Waals surface area contributed by atoms with Crippen molar-refractivity contribution in [3.8, 4) is 0 Å². The Morgan fingerprint density at radius 3 is 1.48 bits per heavy atom. The number of carbonyl (C=O) groups is 2. The van der Waals surface area contributed by atoms with Gasteiger partial charge in [-0.1, -0.05) is 107 Å². The summed E-state index contributed by atoms with van der Waals surface area (Å²) < 4.78 is 0. The molecule has 0 aliphatic heterocycles. The molecule has 0 amide bonds. The molecule has 0 aromatic carbocycles. The fourth-order valence-electron chi connectivity index (χ4n) is 19.6. The van der Waals surface area contributed by atoms with Crippen LogP contribution in [0.25, 0.3) is 0 Å². The van der Waals surface area contributed by atoms with Gasteiger partial charge >= 0.3 is 11.9 Å². The predicted molar refractivity (Wildman–Crippen MR) is 269 cm³/mol. The Bertz CT molecular complexity index is 1680. The molecule has 9 aliphatic carbocycles. The molecule has 8 fully saturated rings. The number of aliphatic carboxylic acids is 2. The van der Waals surface area contributed by atoms with E-state index in [1.165, 1.54) is 103 Å². The summed E-state index contributed by atoms with van der Waals surface area (Å²) in [5.74, 6) is 10.3. The van der Waals surface area contributed by atoms with Gasteiger partial charge in [0, 0.05) is 1.43 Å². The second-order valence-corrected chi connectivity index (χ2v) is 28.0. The molecule has 2 N–H and O–H groups in total. The maximum atomic E-state index is 12.0. The third-order valence-electron chi connectivity index (χ3n) is 23.5. The number of hydrogen-bond donors (Lipinski definition) is 2. The second kappa shape index (κ2) is 18.9. The number of carboxylic acid groups (broad SMARTS) is 2. The molecule has 64 heavy (non-hydrogen) atoms. The summed E-state index contributed by atoms with van der Waals surface area (Å²) in [6.07, 6.45) is 32.4. The fourth-order valence-corrected chi connectivity index (χ4v) is 19.6. The Hall–Kier alpha value is -1.32. The summed E-state index contributed by atoms with van der Waals surface area (Å²) in [6.45, 7) is 31.0. The zero-order valence-electron chi connectivity index (χ0n) is 44.1. The van der Waals surface area contributed by atoms with E-state index in [0.717, 1.165) is 110 Å². The average Bonchev–Trinajstić information content (AvgIpc) is 3.23. The average molecular weight is 891 g/mol. The number of carboxylic acids is 2. The van der Waals surface area contributed by atoms with Crippen molar-refractivity contribution in [3.05, 3.63) is 11.6 Å². The normalized spacial score (nSPS) is 47.1. The molecule has 0 bridgehead atoms. The molecule has 368 valence electrons. The van der Waals surface area contributed by atoms with Gasteiger partial charge in [-0.3, -0.25) is 9.59 Å². The molecule has 9 aliphatic rings.